The lowest BCUT2D eigenvalue weighted by Crippen LogP contribution is -2.56. The van der Waals surface area contributed by atoms with E-state index in [0.29, 0.717) is 12.1 Å². The van der Waals surface area contributed by atoms with E-state index in [2.05, 4.69) is 52.3 Å². The van der Waals surface area contributed by atoms with Crippen LogP contribution in [0.15, 0.2) is 53.5 Å². The first-order chi connectivity index (χ1) is 11.8. The summed E-state index contributed by atoms with van der Waals surface area (Å²) in [6.07, 6.45) is 2.69. The van der Waals surface area contributed by atoms with Crippen molar-refractivity contribution in [3.8, 4) is 0 Å². The highest BCUT2D eigenvalue weighted by atomic mass is 35.5. The minimum absolute atomic E-state index is 0. The topological polar surface area (TPSA) is 18.8 Å². The Labute approximate surface area is 159 Å². The number of anilines is 1. The molecular formula is C20H21Cl2N3. The van der Waals surface area contributed by atoms with Gasteiger partial charge in [-0.2, -0.15) is 0 Å². The van der Waals surface area contributed by atoms with E-state index >= 15 is 0 Å². The fourth-order valence-corrected chi connectivity index (χ4v) is 4.69. The molecule has 3 aliphatic rings. The number of nitrogens with zero attached hydrogens (tertiary/aromatic N) is 3. The zero-order chi connectivity index (χ0) is 16.1. The van der Waals surface area contributed by atoms with Crippen LogP contribution in [0, 0.1) is 0 Å². The van der Waals surface area contributed by atoms with Gasteiger partial charge in [-0.05, 0) is 36.6 Å². The SMILES string of the molecule is Cl.Clc1ccc2c(c1)C1=NCCCN1C1C(c3ccccc3)CCN21. The summed E-state index contributed by atoms with van der Waals surface area (Å²) in [7, 11) is 0. The molecule has 130 valence electrons. The molecule has 25 heavy (non-hydrogen) atoms. The molecular weight excluding hydrogens is 353 g/mol. The van der Waals surface area contributed by atoms with Crippen LogP contribution in [0.25, 0.3) is 0 Å². The van der Waals surface area contributed by atoms with Gasteiger partial charge in [-0.15, -0.1) is 12.4 Å². The lowest BCUT2D eigenvalue weighted by Gasteiger charge is -2.47. The van der Waals surface area contributed by atoms with Gasteiger partial charge in [0.2, 0.25) is 0 Å². The van der Waals surface area contributed by atoms with E-state index in [0.717, 1.165) is 36.9 Å². The summed E-state index contributed by atoms with van der Waals surface area (Å²) >= 11 is 6.28. The van der Waals surface area contributed by atoms with Gasteiger partial charge in [-0.3, -0.25) is 4.99 Å². The molecule has 0 aliphatic carbocycles. The molecule has 0 spiro atoms. The van der Waals surface area contributed by atoms with Gasteiger partial charge in [0, 0.05) is 41.8 Å². The third-order valence-electron chi connectivity index (χ3n) is 5.51. The summed E-state index contributed by atoms with van der Waals surface area (Å²) in [6, 6.07) is 17.2. The average Bonchev–Trinajstić information content (AvgIpc) is 3.08. The number of hydrogen-bond donors (Lipinski definition) is 0. The highest BCUT2D eigenvalue weighted by Crippen LogP contribution is 2.44. The van der Waals surface area contributed by atoms with Crippen LogP contribution in [0.1, 0.15) is 29.9 Å². The fraction of sp³-hybridized carbons (Fsp3) is 0.350. The molecule has 2 atom stereocenters. The van der Waals surface area contributed by atoms with Crippen LogP contribution in [0.2, 0.25) is 5.02 Å². The molecule has 0 saturated carbocycles. The zero-order valence-corrected chi connectivity index (χ0v) is 15.5. The summed E-state index contributed by atoms with van der Waals surface area (Å²) in [6.45, 7) is 3.08. The van der Waals surface area contributed by atoms with Gasteiger partial charge >= 0.3 is 0 Å². The Balaban J connectivity index is 0.00000157. The molecule has 3 heterocycles. The Kier molecular flexibility index (Phi) is 4.38. The number of aliphatic imine (C=N–C) groups is 1. The third kappa shape index (κ3) is 2.61. The van der Waals surface area contributed by atoms with Gasteiger partial charge in [0.1, 0.15) is 12.0 Å². The predicted molar refractivity (Wildman–Crippen MR) is 106 cm³/mol. The minimum Gasteiger partial charge on any atom is -0.350 e. The molecule has 3 nitrogen and oxygen atoms in total. The minimum atomic E-state index is 0. The van der Waals surface area contributed by atoms with Crippen LogP contribution in [-0.2, 0) is 0 Å². The normalized spacial score (nSPS) is 24.0. The number of rotatable bonds is 1. The average molecular weight is 374 g/mol. The monoisotopic (exact) mass is 373 g/mol. The number of hydrogen-bond acceptors (Lipinski definition) is 3. The van der Waals surface area contributed by atoms with Crippen LogP contribution in [0.3, 0.4) is 0 Å². The van der Waals surface area contributed by atoms with Gasteiger partial charge in [0.05, 0.1) is 0 Å². The van der Waals surface area contributed by atoms with E-state index in [1.54, 1.807) is 0 Å². The van der Waals surface area contributed by atoms with E-state index in [4.69, 9.17) is 16.6 Å². The maximum atomic E-state index is 6.28. The van der Waals surface area contributed by atoms with Crippen molar-refractivity contribution in [3.05, 3.63) is 64.7 Å². The molecule has 2 unspecified atom stereocenters. The molecule has 0 radical (unpaired) electrons. The number of amidine groups is 1. The van der Waals surface area contributed by atoms with Crippen molar-refractivity contribution in [1.29, 1.82) is 0 Å². The second-order valence-electron chi connectivity index (χ2n) is 6.83. The summed E-state index contributed by atoms with van der Waals surface area (Å²) in [4.78, 5) is 9.96. The Hall–Kier alpha value is -1.71. The maximum Gasteiger partial charge on any atom is 0.134 e. The van der Waals surface area contributed by atoms with Crippen molar-refractivity contribution in [2.75, 3.05) is 24.5 Å². The lowest BCUT2D eigenvalue weighted by atomic mass is 9.92. The lowest BCUT2D eigenvalue weighted by molar-refractivity contribution is 0.275. The van der Waals surface area contributed by atoms with E-state index in [1.165, 1.54) is 23.2 Å². The summed E-state index contributed by atoms with van der Waals surface area (Å²) in [5.41, 5.74) is 3.93. The van der Waals surface area contributed by atoms with Crippen molar-refractivity contribution in [2.45, 2.75) is 24.9 Å². The smallest absolute Gasteiger partial charge is 0.134 e. The van der Waals surface area contributed by atoms with E-state index < -0.39 is 0 Å². The molecule has 1 fully saturated rings. The molecule has 3 aliphatic heterocycles. The first kappa shape index (κ1) is 16.7. The van der Waals surface area contributed by atoms with Gasteiger partial charge < -0.3 is 9.80 Å². The van der Waals surface area contributed by atoms with Gasteiger partial charge in [0.15, 0.2) is 0 Å². The molecule has 0 amide bonds. The zero-order valence-electron chi connectivity index (χ0n) is 13.9. The summed E-state index contributed by atoms with van der Waals surface area (Å²) in [5.74, 6) is 1.67. The Morgan fingerprint density at radius 1 is 1.00 bits per heavy atom. The van der Waals surface area contributed by atoms with Crippen LogP contribution >= 0.6 is 24.0 Å². The maximum absolute atomic E-state index is 6.28. The van der Waals surface area contributed by atoms with Gasteiger partial charge in [-0.1, -0.05) is 41.9 Å². The molecule has 0 aromatic heterocycles. The molecule has 0 N–H and O–H groups in total. The summed E-state index contributed by atoms with van der Waals surface area (Å²) in [5, 5.41) is 0.791. The summed E-state index contributed by atoms with van der Waals surface area (Å²) < 4.78 is 0. The predicted octanol–water partition coefficient (Wildman–Crippen LogP) is 4.55. The molecule has 5 heteroatoms. The van der Waals surface area contributed by atoms with Crippen molar-refractivity contribution >= 4 is 35.5 Å². The molecule has 2 aromatic carbocycles. The van der Waals surface area contributed by atoms with Crippen LogP contribution in [-0.4, -0.2) is 36.5 Å². The van der Waals surface area contributed by atoms with E-state index in [-0.39, 0.29) is 12.4 Å². The Morgan fingerprint density at radius 2 is 1.84 bits per heavy atom. The molecule has 1 saturated heterocycles. The highest BCUT2D eigenvalue weighted by molar-refractivity contribution is 6.31. The number of fused-ring (bicyclic) bond motifs is 6. The third-order valence-corrected chi connectivity index (χ3v) is 5.74. The second kappa shape index (κ2) is 6.54. The fourth-order valence-electron chi connectivity index (χ4n) is 4.52. The second-order valence-corrected chi connectivity index (χ2v) is 7.26. The van der Waals surface area contributed by atoms with Gasteiger partial charge in [0.25, 0.3) is 0 Å². The largest absolute Gasteiger partial charge is 0.350 e. The molecule has 5 rings (SSSR count). The quantitative estimate of drug-likeness (QED) is 0.730. The van der Waals surface area contributed by atoms with Crippen molar-refractivity contribution in [2.24, 2.45) is 4.99 Å². The van der Waals surface area contributed by atoms with Crippen LogP contribution in [0.4, 0.5) is 5.69 Å². The highest BCUT2D eigenvalue weighted by Gasteiger charge is 2.45. The first-order valence-corrected chi connectivity index (χ1v) is 9.13. The standard InChI is InChI=1S/C20H20ClN3.ClH/c21-15-7-8-18-17(13-15)19-22-10-4-11-24(19)20-16(9-12-23(18)20)14-5-2-1-3-6-14;/h1-3,5-8,13,16,20H,4,9-12H2;1H. The van der Waals surface area contributed by atoms with E-state index in [1.807, 2.05) is 6.07 Å². The van der Waals surface area contributed by atoms with Crippen molar-refractivity contribution in [1.82, 2.24) is 4.90 Å². The Morgan fingerprint density at radius 3 is 2.68 bits per heavy atom. The molecule has 0 bridgehead atoms. The van der Waals surface area contributed by atoms with Crippen molar-refractivity contribution in [3.63, 3.8) is 0 Å². The van der Waals surface area contributed by atoms with Crippen LogP contribution < -0.4 is 4.90 Å². The Bertz CT molecular complexity index is 806. The van der Waals surface area contributed by atoms with Gasteiger partial charge in [-0.25, -0.2) is 0 Å². The van der Waals surface area contributed by atoms with Crippen LogP contribution in [0.5, 0.6) is 0 Å². The molecule has 2 aromatic rings. The number of halogens is 2. The van der Waals surface area contributed by atoms with Crippen molar-refractivity contribution < 1.29 is 0 Å². The number of benzene rings is 2. The first-order valence-electron chi connectivity index (χ1n) is 8.75. The van der Waals surface area contributed by atoms with E-state index in [9.17, 15) is 0 Å².